The van der Waals surface area contributed by atoms with Crippen molar-refractivity contribution < 1.29 is 5.21 Å². The first-order valence-corrected chi connectivity index (χ1v) is 4.63. The molecule has 0 aromatic carbocycles. The molecule has 1 aromatic heterocycles. The van der Waals surface area contributed by atoms with Crippen LogP contribution in [0, 0.1) is 5.92 Å². The van der Waals surface area contributed by atoms with Gasteiger partial charge in [0.2, 0.25) is 5.95 Å². The summed E-state index contributed by atoms with van der Waals surface area (Å²) in [7, 11) is 0. The Bertz CT molecular complexity index is 385. The predicted octanol–water partition coefficient (Wildman–Crippen LogP) is 0.913. The molecule has 0 radical (unpaired) electrons. The molecule has 0 saturated carbocycles. The molecule has 78 valence electrons. The van der Waals surface area contributed by atoms with Crippen LogP contribution in [0.2, 0.25) is 5.15 Å². The van der Waals surface area contributed by atoms with Gasteiger partial charge in [-0.3, -0.25) is 4.99 Å². The van der Waals surface area contributed by atoms with Gasteiger partial charge >= 0.3 is 0 Å². The van der Waals surface area contributed by atoms with Crippen molar-refractivity contribution in [3.63, 3.8) is 0 Å². The Hall–Kier alpha value is -1.23. The molecule has 0 saturated heterocycles. The van der Waals surface area contributed by atoms with Crippen LogP contribution in [0.1, 0.15) is 13.8 Å². The van der Waals surface area contributed by atoms with Crippen LogP contribution in [0.5, 0.6) is 0 Å². The molecule has 0 aliphatic rings. The monoisotopic (exact) mass is 216 g/mol. The van der Waals surface area contributed by atoms with E-state index in [1.165, 1.54) is 6.07 Å². The number of halogens is 1. The number of hydrogen-bond acceptors (Lipinski definition) is 4. The first-order valence-electron chi connectivity index (χ1n) is 4.25. The molecule has 0 fully saturated rings. The predicted molar refractivity (Wildman–Crippen MR) is 54.1 cm³/mol. The van der Waals surface area contributed by atoms with Gasteiger partial charge in [0, 0.05) is 12.6 Å². The number of anilines is 1. The van der Waals surface area contributed by atoms with E-state index >= 15 is 0 Å². The van der Waals surface area contributed by atoms with Crippen molar-refractivity contribution in [3.05, 3.63) is 16.7 Å². The first-order chi connectivity index (χ1) is 6.50. The third kappa shape index (κ3) is 2.63. The van der Waals surface area contributed by atoms with Gasteiger partial charge in [-0.2, -0.15) is 0 Å². The fourth-order valence-corrected chi connectivity index (χ4v) is 1.05. The Balaban J connectivity index is 3.13. The van der Waals surface area contributed by atoms with Gasteiger partial charge in [-0.15, -0.1) is 4.73 Å². The maximum Gasteiger partial charge on any atom is 0.237 e. The molecule has 0 aliphatic carbocycles. The Kier molecular flexibility index (Phi) is 3.35. The summed E-state index contributed by atoms with van der Waals surface area (Å²) in [6.07, 6.45) is 0. The number of aromatic nitrogens is 2. The van der Waals surface area contributed by atoms with E-state index in [4.69, 9.17) is 17.3 Å². The van der Waals surface area contributed by atoms with Gasteiger partial charge in [-0.1, -0.05) is 25.4 Å². The highest BCUT2D eigenvalue weighted by atomic mass is 35.5. The van der Waals surface area contributed by atoms with E-state index in [1.807, 2.05) is 13.8 Å². The lowest BCUT2D eigenvalue weighted by Crippen LogP contribution is -2.23. The molecule has 14 heavy (non-hydrogen) atoms. The lowest BCUT2D eigenvalue weighted by molar-refractivity contribution is 0.174. The highest BCUT2D eigenvalue weighted by Gasteiger charge is 2.00. The summed E-state index contributed by atoms with van der Waals surface area (Å²) in [4.78, 5) is 7.79. The third-order valence-corrected chi connectivity index (χ3v) is 1.72. The topological polar surface area (TPSA) is 76.4 Å². The van der Waals surface area contributed by atoms with Crippen molar-refractivity contribution >= 4 is 17.5 Å². The Morgan fingerprint density at radius 3 is 2.93 bits per heavy atom. The summed E-state index contributed by atoms with van der Waals surface area (Å²) in [6.45, 7) is 4.65. The Labute approximate surface area is 86.8 Å². The van der Waals surface area contributed by atoms with Crippen LogP contribution >= 0.6 is 11.6 Å². The third-order valence-electron chi connectivity index (χ3n) is 1.52. The van der Waals surface area contributed by atoms with Gasteiger partial charge < -0.3 is 10.9 Å². The van der Waals surface area contributed by atoms with E-state index in [1.54, 1.807) is 0 Å². The second-order valence-electron chi connectivity index (χ2n) is 3.34. The Morgan fingerprint density at radius 2 is 2.36 bits per heavy atom. The molecule has 0 atom stereocenters. The summed E-state index contributed by atoms with van der Waals surface area (Å²) in [6, 6.07) is 1.46. The van der Waals surface area contributed by atoms with Gasteiger partial charge in [0.15, 0.2) is 5.49 Å². The molecule has 1 rings (SSSR count). The van der Waals surface area contributed by atoms with Crippen molar-refractivity contribution in [2.75, 3.05) is 12.3 Å². The SMILES string of the molecule is CC(C)CN=c1cc(Cl)nc(N)n1O. The zero-order valence-corrected chi connectivity index (χ0v) is 8.86. The molecular formula is C8H13ClN4O. The van der Waals surface area contributed by atoms with E-state index in [-0.39, 0.29) is 11.1 Å². The van der Waals surface area contributed by atoms with E-state index in [0.29, 0.717) is 22.7 Å². The first kappa shape index (κ1) is 10.8. The molecule has 5 nitrogen and oxygen atoms in total. The minimum absolute atomic E-state index is 0.0694. The van der Waals surface area contributed by atoms with Crippen LogP contribution in [0.25, 0.3) is 0 Å². The summed E-state index contributed by atoms with van der Waals surface area (Å²) in [5.74, 6) is 0.336. The van der Waals surface area contributed by atoms with Crippen LogP contribution < -0.4 is 11.2 Å². The number of rotatable bonds is 2. The van der Waals surface area contributed by atoms with Crippen molar-refractivity contribution in [1.29, 1.82) is 0 Å². The van der Waals surface area contributed by atoms with Crippen molar-refractivity contribution in [1.82, 2.24) is 9.71 Å². The molecule has 6 heteroatoms. The summed E-state index contributed by atoms with van der Waals surface area (Å²) in [5.41, 5.74) is 5.70. The van der Waals surface area contributed by atoms with E-state index in [0.717, 1.165) is 0 Å². The van der Waals surface area contributed by atoms with Crippen molar-refractivity contribution in [3.8, 4) is 0 Å². The average Bonchev–Trinajstić information content (AvgIpc) is 2.08. The van der Waals surface area contributed by atoms with Crippen molar-refractivity contribution in [2.24, 2.45) is 10.9 Å². The fraction of sp³-hybridized carbons (Fsp3) is 0.500. The maximum absolute atomic E-state index is 9.41. The molecule has 1 aromatic rings. The van der Waals surface area contributed by atoms with E-state index in [9.17, 15) is 5.21 Å². The van der Waals surface area contributed by atoms with Crippen LogP contribution in [0.3, 0.4) is 0 Å². The highest BCUT2D eigenvalue weighted by molar-refractivity contribution is 6.29. The standard InChI is InChI=1S/C8H13ClN4O/c1-5(2)4-11-7-3-6(9)12-8(10)13(7)14/h3,5,14H,4H2,1-2H3,(H2,10,12). The second kappa shape index (κ2) is 4.32. The quantitative estimate of drug-likeness (QED) is 0.570. The average molecular weight is 217 g/mol. The van der Waals surface area contributed by atoms with Gasteiger partial charge in [0.1, 0.15) is 5.15 Å². The van der Waals surface area contributed by atoms with Gasteiger partial charge in [0.25, 0.3) is 0 Å². The number of nitrogens with two attached hydrogens (primary N) is 1. The van der Waals surface area contributed by atoms with E-state index in [2.05, 4.69) is 9.98 Å². The molecule has 0 unspecified atom stereocenters. The van der Waals surface area contributed by atoms with Crippen LogP contribution in [-0.2, 0) is 0 Å². The van der Waals surface area contributed by atoms with Crippen LogP contribution in [0.4, 0.5) is 5.95 Å². The molecular weight excluding hydrogens is 204 g/mol. The lowest BCUT2D eigenvalue weighted by Gasteiger charge is -2.03. The molecule has 0 aliphatic heterocycles. The number of nitrogen functional groups attached to an aromatic ring is 1. The summed E-state index contributed by atoms with van der Waals surface area (Å²) < 4.78 is 0.717. The van der Waals surface area contributed by atoms with Gasteiger partial charge in [-0.25, -0.2) is 4.98 Å². The summed E-state index contributed by atoms with van der Waals surface area (Å²) >= 11 is 5.66. The molecule has 1 heterocycles. The lowest BCUT2D eigenvalue weighted by atomic mass is 10.2. The Morgan fingerprint density at radius 1 is 1.71 bits per heavy atom. The zero-order chi connectivity index (χ0) is 10.7. The molecule has 0 spiro atoms. The molecule has 0 amide bonds. The second-order valence-corrected chi connectivity index (χ2v) is 3.73. The summed E-state index contributed by atoms with van der Waals surface area (Å²) in [5, 5.41) is 9.63. The minimum Gasteiger partial charge on any atom is -0.423 e. The highest BCUT2D eigenvalue weighted by Crippen LogP contribution is 2.01. The van der Waals surface area contributed by atoms with Crippen molar-refractivity contribution in [2.45, 2.75) is 13.8 Å². The maximum atomic E-state index is 9.41. The number of nitrogens with zero attached hydrogens (tertiary/aromatic N) is 3. The number of hydrogen-bond donors (Lipinski definition) is 2. The normalized spacial score (nSPS) is 12.4. The minimum atomic E-state index is -0.0694. The van der Waals surface area contributed by atoms with Gasteiger partial charge in [-0.05, 0) is 5.92 Å². The van der Waals surface area contributed by atoms with Crippen LogP contribution in [-0.4, -0.2) is 21.5 Å². The zero-order valence-electron chi connectivity index (χ0n) is 8.11. The fourth-order valence-electron chi connectivity index (χ4n) is 0.863. The van der Waals surface area contributed by atoms with Crippen LogP contribution in [0.15, 0.2) is 11.1 Å². The van der Waals surface area contributed by atoms with E-state index < -0.39 is 0 Å². The molecule has 0 bridgehead atoms. The molecule has 3 N–H and O–H groups in total. The van der Waals surface area contributed by atoms with Gasteiger partial charge in [0.05, 0.1) is 0 Å². The largest absolute Gasteiger partial charge is 0.423 e. The smallest absolute Gasteiger partial charge is 0.237 e.